The second-order valence-electron chi connectivity index (χ2n) is 6.05. The molecule has 0 radical (unpaired) electrons. The van der Waals surface area contributed by atoms with Crippen LogP contribution in [0.4, 0.5) is 0 Å². The first-order valence-electron chi connectivity index (χ1n) is 8.29. The molecule has 1 aliphatic heterocycles. The topological polar surface area (TPSA) is 77.8 Å². The second kappa shape index (κ2) is 6.84. The number of hydrogen-bond donors (Lipinski definition) is 1. The minimum absolute atomic E-state index is 0.141. The van der Waals surface area contributed by atoms with E-state index in [9.17, 15) is 4.79 Å². The van der Waals surface area contributed by atoms with Crippen LogP contribution in [0.25, 0.3) is 5.65 Å². The van der Waals surface area contributed by atoms with Crippen LogP contribution >= 0.6 is 11.6 Å². The molecule has 4 rings (SSSR count). The van der Waals surface area contributed by atoms with Crippen LogP contribution in [-0.4, -0.2) is 33.7 Å². The summed E-state index contributed by atoms with van der Waals surface area (Å²) in [5.41, 5.74) is 1.50. The van der Waals surface area contributed by atoms with Gasteiger partial charge in [-0.1, -0.05) is 17.7 Å². The summed E-state index contributed by atoms with van der Waals surface area (Å²) in [6.45, 7) is 2.81. The summed E-state index contributed by atoms with van der Waals surface area (Å²) in [4.78, 5) is 12.4. The fraction of sp³-hybridized carbons (Fsp3) is 0.278. The minimum Gasteiger partial charge on any atom is -0.486 e. The molecule has 1 N–H and O–H groups in total. The normalized spacial score (nSPS) is 14.2. The number of nitrogens with one attached hydrogen (secondary N) is 1. The molecule has 26 heavy (non-hydrogen) atoms. The molecule has 0 saturated carbocycles. The van der Waals surface area contributed by atoms with Crippen LogP contribution in [0.3, 0.4) is 0 Å². The Bertz CT molecular complexity index is 972. The molecule has 1 aliphatic rings. The van der Waals surface area contributed by atoms with Crippen LogP contribution in [0, 0.1) is 0 Å². The maximum absolute atomic E-state index is 12.4. The lowest BCUT2D eigenvalue weighted by Crippen LogP contribution is -2.29. The number of nitrogens with zero attached hydrogens (tertiary/aromatic N) is 3. The third-order valence-electron chi connectivity index (χ3n) is 4.13. The average Bonchev–Trinajstić information content (AvgIpc) is 3.06. The summed E-state index contributed by atoms with van der Waals surface area (Å²) in [6, 6.07) is 8.88. The highest BCUT2D eigenvalue weighted by Gasteiger charge is 2.19. The van der Waals surface area contributed by atoms with E-state index in [4.69, 9.17) is 21.1 Å². The molecule has 0 bridgehead atoms. The van der Waals surface area contributed by atoms with E-state index in [1.165, 1.54) is 0 Å². The Morgan fingerprint density at radius 1 is 1.31 bits per heavy atom. The zero-order valence-electron chi connectivity index (χ0n) is 14.1. The van der Waals surface area contributed by atoms with Crippen LogP contribution in [0.5, 0.6) is 11.5 Å². The number of fused-ring (bicyclic) bond motifs is 2. The minimum atomic E-state index is -0.285. The number of halogens is 1. The summed E-state index contributed by atoms with van der Waals surface area (Å²) in [6.07, 6.45) is 2.05. The zero-order chi connectivity index (χ0) is 18.1. The van der Waals surface area contributed by atoms with Crippen LogP contribution < -0.4 is 14.8 Å². The number of pyridine rings is 1. The van der Waals surface area contributed by atoms with E-state index >= 15 is 0 Å². The molecule has 8 heteroatoms. The highest BCUT2D eigenvalue weighted by atomic mass is 35.5. The van der Waals surface area contributed by atoms with Gasteiger partial charge in [0.1, 0.15) is 13.2 Å². The van der Waals surface area contributed by atoms with E-state index in [0.29, 0.717) is 35.6 Å². The highest BCUT2D eigenvalue weighted by Crippen LogP contribution is 2.38. The van der Waals surface area contributed by atoms with Gasteiger partial charge in [-0.2, -0.15) is 0 Å². The molecule has 0 spiro atoms. The summed E-state index contributed by atoms with van der Waals surface area (Å²) in [7, 11) is 0. The molecule has 0 saturated heterocycles. The van der Waals surface area contributed by atoms with Crippen molar-refractivity contribution < 1.29 is 14.3 Å². The number of rotatable bonds is 4. The standard InChI is InChI=1S/C18H17ClN4O3/c1-11(18-22-21-15-4-2-3-5-23(15)18)20-16(24)10-12-8-13(19)17-14(9-12)25-6-7-26-17/h2-5,8-9,11H,6-7,10H2,1H3,(H,20,24). The number of hydrogen-bond acceptors (Lipinski definition) is 5. The van der Waals surface area contributed by atoms with E-state index in [1.54, 1.807) is 12.1 Å². The van der Waals surface area contributed by atoms with Gasteiger partial charge >= 0.3 is 0 Å². The lowest BCUT2D eigenvalue weighted by Gasteiger charge is -2.20. The van der Waals surface area contributed by atoms with E-state index < -0.39 is 0 Å². The van der Waals surface area contributed by atoms with E-state index in [1.807, 2.05) is 35.7 Å². The quantitative estimate of drug-likeness (QED) is 0.761. The highest BCUT2D eigenvalue weighted by molar-refractivity contribution is 6.32. The molecule has 2 aromatic heterocycles. The van der Waals surface area contributed by atoms with Gasteiger partial charge in [0, 0.05) is 6.20 Å². The molecule has 7 nitrogen and oxygen atoms in total. The molecular formula is C18H17ClN4O3. The van der Waals surface area contributed by atoms with Crippen molar-refractivity contribution in [3.05, 3.63) is 52.9 Å². The molecule has 1 atom stereocenters. The second-order valence-corrected chi connectivity index (χ2v) is 6.46. The van der Waals surface area contributed by atoms with Gasteiger partial charge in [0.25, 0.3) is 0 Å². The number of benzene rings is 1. The van der Waals surface area contributed by atoms with Crippen molar-refractivity contribution in [1.82, 2.24) is 19.9 Å². The lowest BCUT2D eigenvalue weighted by atomic mass is 10.1. The molecule has 0 aliphatic carbocycles. The van der Waals surface area contributed by atoms with Crippen molar-refractivity contribution >= 4 is 23.2 Å². The molecule has 134 valence electrons. The Morgan fingerprint density at radius 3 is 3.04 bits per heavy atom. The van der Waals surface area contributed by atoms with Crippen LogP contribution in [0.15, 0.2) is 36.5 Å². The van der Waals surface area contributed by atoms with Crippen molar-refractivity contribution in [2.45, 2.75) is 19.4 Å². The van der Waals surface area contributed by atoms with Gasteiger partial charge in [0.2, 0.25) is 5.91 Å². The molecule has 1 unspecified atom stereocenters. The van der Waals surface area contributed by atoms with E-state index in [2.05, 4.69) is 15.5 Å². The van der Waals surface area contributed by atoms with Crippen molar-refractivity contribution in [1.29, 1.82) is 0 Å². The fourth-order valence-electron chi connectivity index (χ4n) is 2.96. The lowest BCUT2D eigenvalue weighted by molar-refractivity contribution is -0.121. The molecule has 3 heterocycles. The largest absolute Gasteiger partial charge is 0.486 e. The van der Waals surface area contributed by atoms with Crippen LogP contribution in [0.2, 0.25) is 5.02 Å². The maximum atomic E-state index is 12.4. The first kappa shape index (κ1) is 16.7. The van der Waals surface area contributed by atoms with Gasteiger partial charge in [-0.3, -0.25) is 9.20 Å². The Morgan fingerprint density at radius 2 is 2.15 bits per heavy atom. The Hall–Kier alpha value is -2.80. The maximum Gasteiger partial charge on any atom is 0.225 e. The first-order valence-corrected chi connectivity index (χ1v) is 8.66. The predicted octanol–water partition coefficient (Wildman–Crippen LogP) is 2.57. The number of aromatic nitrogens is 3. The molecular weight excluding hydrogens is 356 g/mol. The van der Waals surface area contributed by atoms with Crippen molar-refractivity contribution in [3.63, 3.8) is 0 Å². The van der Waals surface area contributed by atoms with Gasteiger partial charge in [-0.05, 0) is 36.8 Å². The third-order valence-corrected chi connectivity index (χ3v) is 4.41. The van der Waals surface area contributed by atoms with Crippen molar-refractivity contribution in [3.8, 4) is 11.5 Å². The molecule has 1 aromatic carbocycles. The summed E-state index contributed by atoms with van der Waals surface area (Å²) in [5, 5.41) is 11.7. The molecule has 3 aromatic rings. The summed E-state index contributed by atoms with van der Waals surface area (Å²) in [5.74, 6) is 1.64. The van der Waals surface area contributed by atoms with Crippen molar-refractivity contribution in [2.75, 3.05) is 13.2 Å². The summed E-state index contributed by atoms with van der Waals surface area (Å²) >= 11 is 6.22. The SMILES string of the molecule is CC(NC(=O)Cc1cc(Cl)c2c(c1)OCCO2)c1nnc2ccccn12. The number of amides is 1. The van der Waals surface area contributed by atoms with Gasteiger partial charge in [-0.15, -0.1) is 10.2 Å². The van der Waals surface area contributed by atoms with E-state index in [-0.39, 0.29) is 18.4 Å². The first-order chi connectivity index (χ1) is 12.6. The summed E-state index contributed by atoms with van der Waals surface area (Å²) < 4.78 is 12.9. The van der Waals surface area contributed by atoms with Gasteiger partial charge in [-0.25, -0.2) is 0 Å². The van der Waals surface area contributed by atoms with E-state index in [0.717, 1.165) is 11.2 Å². The molecule has 0 fully saturated rings. The third kappa shape index (κ3) is 3.17. The molecule has 1 amide bonds. The van der Waals surface area contributed by atoms with Gasteiger partial charge in [0.15, 0.2) is 23.0 Å². The Balaban J connectivity index is 1.48. The Kier molecular flexibility index (Phi) is 4.38. The monoisotopic (exact) mass is 372 g/mol. The van der Waals surface area contributed by atoms with Gasteiger partial charge in [0.05, 0.1) is 17.5 Å². The smallest absolute Gasteiger partial charge is 0.225 e. The number of carbonyl (C=O) groups is 1. The zero-order valence-corrected chi connectivity index (χ0v) is 14.9. The number of ether oxygens (including phenoxy) is 2. The fourth-order valence-corrected chi connectivity index (χ4v) is 3.25. The van der Waals surface area contributed by atoms with Gasteiger partial charge < -0.3 is 14.8 Å². The van der Waals surface area contributed by atoms with Crippen molar-refractivity contribution in [2.24, 2.45) is 0 Å². The van der Waals surface area contributed by atoms with Crippen LogP contribution in [-0.2, 0) is 11.2 Å². The average molecular weight is 373 g/mol. The number of carbonyl (C=O) groups excluding carboxylic acids is 1. The van der Waals surface area contributed by atoms with Crippen LogP contribution in [0.1, 0.15) is 24.4 Å². The predicted molar refractivity (Wildman–Crippen MR) is 95.7 cm³/mol. The Labute approximate surface area is 154 Å².